The van der Waals surface area contributed by atoms with Gasteiger partial charge in [-0.1, -0.05) is 6.08 Å². The highest BCUT2D eigenvalue weighted by atomic mass is 16.8. The number of hydrogen-bond donors (Lipinski definition) is 1. The number of carbonyl (C=O) groups is 1. The van der Waals surface area contributed by atoms with Crippen molar-refractivity contribution in [3.63, 3.8) is 0 Å². The van der Waals surface area contributed by atoms with Crippen molar-refractivity contribution < 1.29 is 28.8 Å². The van der Waals surface area contributed by atoms with Gasteiger partial charge in [0.25, 0.3) is 0 Å². The molecule has 0 amide bonds. The van der Waals surface area contributed by atoms with Crippen LogP contribution in [0.5, 0.6) is 0 Å². The SMILES string of the molecule is COC(=O)C1=CO[C@@H](OC2CCCCO2)[C@@H]2C(CO)=CC[C@H]12. The minimum Gasteiger partial charge on any atom is -0.471 e. The fourth-order valence-corrected chi connectivity index (χ4v) is 3.39. The summed E-state index contributed by atoms with van der Waals surface area (Å²) in [7, 11) is 1.35. The van der Waals surface area contributed by atoms with Crippen molar-refractivity contribution in [3.8, 4) is 0 Å². The molecular weight excluding hydrogens is 288 g/mol. The van der Waals surface area contributed by atoms with Crippen molar-refractivity contribution in [2.24, 2.45) is 11.8 Å². The average molecular weight is 310 g/mol. The van der Waals surface area contributed by atoms with Crippen LogP contribution in [0.3, 0.4) is 0 Å². The third-order valence-electron chi connectivity index (χ3n) is 4.54. The Labute approximate surface area is 129 Å². The van der Waals surface area contributed by atoms with Crippen LogP contribution in [0.25, 0.3) is 0 Å². The molecule has 0 radical (unpaired) electrons. The molecule has 0 saturated carbocycles. The lowest BCUT2D eigenvalue weighted by atomic mass is 9.83. The first-order valence-corrected chi connectivity index (χ1v) is 7.75. The van der Waals surface area contributed by atoms with E-state index >= 15 is 0 Å². The number of esters is 1. The Bertz CT molecular complexity index is 477. The quantitative estimate of drug-likeness (QED) is 0.626. The largest absolute Gasteiger partial charge is 0.471 e. The number of ether oxygens (including phenoxy) is 4. The van der Waals surface area contributed by atoms with Gasteiger partial charge in [0.1, 0.15) is 0 Å². The van der Waals surface area contributed by atoms with E-state index in [4.69, 9.17) is 18.9 Å². The molecule has 3 aliphatic rings. The Kier molecular flexibility index (Phi) is 4.81. The van der Waals surface area contributed by atoms with Crippen molar-refractivity contribution >= 4 is 5.97 Å². The molecule has 1 saturated heterocycles. The average Bonchev–Trinajstić information content (AvgIpc) is 3.00. The highest BCUT2D eigenvalue weighted by molar-refractivity contribution is 5.89. The molecule has 0 aromatic carbocycles. The first kappa shape index (κ1) is 15.5. The summed E-state index contributed by atoms with van der Waals surface area (Å²) in [6.07, 6.45) is 6.20. The number of aliphatic hydroxyl groups excluding tert-OH is 1. The van der Waals surface area contributed by atoms with Crippen LogP contribution in [0.1, 0.15) is 25.7 Å². The van der Waals surface area contributed by atoms with Gasteiger partial charge < -0.3 is 24.1 Å². The van der Waals surface area contributed by atoms with Crippen LogP contribution < -0.4 is 0 Å². The zero-order chi connectivity index (χ0) is 15.5. The number of rotatable bonds is 4. The Morgan fingerprint density at radius 1 is 1.45 bits per heavy atom. The molecule has 6 nitrogen and oxygen atoms in total. The van der Waals surface area contributed by atoms with Crippen LogP contribution in [0, 0.1) is 11.8 Å². The molecule has 0 aromatic rings. The monoisotopic (exact) mass is 310 g/mol. The molecule has 4 atom stereocenters. The van der Waals surface area contributed by atoms with Crippen molar-refractivity contribution in [1.29, 1.82) is 0 Å². The molecule has 0 bridgehead atoms. The molecule has 2 heterocycles. The summed E-state index contributed by atoms with van der Waals surface area (Å²) in [5, 5.41) is 9.56. The van der Waals surface area contributed by atoms with Crippen LogP contribution in [0.4, 0.5) is 0 Å². The van der Waals surface area contributed by atoms with Crippen LogP contribution in [0.2, 0.25) is 0 Å². The highest BCUT2D eigenvalue weighted by Crippen LogP contribution is 2.44. The lowest BCUT2D eigenvalue weighted by molar-refractivity contribution is -0.260. The molecule has 1 unspecified atom stereocenters. The first-order chi connectivity index (χ1) is 10.7. The lowest BCUT2D eigenvalue weighted by Gasteiger charge is -2.37. The van der Waals surface area contributed by atoms with E-state index in [1.54, 1.807) is 0 Å². The van der Waals surface area contributed by atoms with Crippen molar-refractivity contribution in [1.82, 2.24) is 0 Å². The number of allylic oxidation sites excluding steroid dienone is 1. The molecule has 1 aliphatic carbocycles. The topological polar surface area (TPSA) is 74.2 Å². The molecule has 0 aromatic heterocycles. The molecule has 6 heteroatoms. The Hall–Kier alpha value is -1.37. The summed E-state index contributed by atoms with van der Waals surface area (Å²) in [6.45, 7) is 0.627. The maximum atomic E-state index is 11.9. The van der Waals surface area contributed by atoms with Gasteiger partial charge in [0.05, 0.1) is 31.5 Å². The first-order valence-electron chi connectivity index (χ1n) is 7.75. The summed E-state index contributed by atoms with van der Waals surface area (Å²) in [4.78, 5) is 11.9. The number of aliphatic hydroxyl groups is 1. The third-order valence-corrected chi connectivity index (χ3v) is 4.54. The maximum Gasteiger partial charge on any atom is 0.337 e. The van der Waals surface area contributed by atoms with E-state index in [-0.39, 0.29) is 24.7 Å². The standard InChI is InChI=1S/C16H22O6/c1-19-15(18)12-9-21-16(22-13-4-2-3-7-20-13)14-10(8-17)5-6-11(12)14/h5,9,11,13-14,16-17H,2-4,6-8H2,1H3/t11-,13?,14-,16+/m1/s1. The normalized spacial score (nSPS) is 34.3. The smallest absolute Gasteiger partial charge is 0.337 e. The van der Waals surface area contributed by atoms with Gasteiger partial charge >= 0.3 is 5.97 Å². The number of fused-ring (bicyclic) bond motifs is 1. The van der Waals surface area contributed by atoms with Gasteiger partial charge in [-0.05, 0) is 31.3 Å². The van der Waals surface area contributed by atoms with E-state index in [1.165, 1.54) is 13.4 Å². The van der Waals surface area contributed by atoms with E-state index < -0.39 is 12.3 Å². The minimum absolute atomic E-state index is 0.0651. The van der Waals surface area contributed by atoms with Crippen LogP contribution >= 0.6 is 0 Å². The van der Waals surface area contributed by atoms with Crippen LogP contribution in [-0.2, 0) is 23.7 Å². The van der Waals surface area contributed by atoms with E-state index in [9.17, 15) is 9.90 Å². The summed E-state index contributed by atoms with van der Waals surface area (Å²) in [6, 6.07) is 0. The predicted molar refractivity (Wildman–Crippen MR) is 76.4 cm³/mol. The van der Waals surface area contributed by atoms with Gasteiger partial charge in [-0.25, -0.2) is 4.79 Å². The molecule has 0 spiro atoms. The van der Waals surface area contributed by atoms with Crippen LogP contribution in [0.15, 0.2) is 23.5 Å². The number of carbonyl (C=O) groups excluding carboxylic acids is 1. The molecule has 2 aliphatic heterocycles. The molecule has 1 N–H and O–H groups in total. The van der Waals surface area contributed by atoms with E-state index in [2.05, 4.69) is 0 Å². The van der Waals surface area contributed by atoms with Crippen molar-refractivity contribution in [3.05, 3.63) is 23.5 Å². The Morgan fingerprint density at radius 2 is 2.32 bits per heavy atom. The van der Waals surface area contributed by atoms with Crippen molar-refractivity contribution in [2.45, 2.75) is 38.3 Å². The summed E-state index contributed by atoms with van der Waals surface area (Å²) in [5.74, 6) is -0.637. The van der Waals surface area contributed by atoms with Crippen LogP contribution in [-0.4, -0.2) is 44.0 Å². The van der Waals surface area contributed by atoms with E-state index in [1.807, 2.05) is 6.08 Å². The zero-order valence-electron chi connectivity index (χ0n) is 12.7. The van der Waals surface area contributed by atoms with Gasteiger partial charge in [0.15, 0.2) is 6.29 Å². The minimum atomic E-state index is -0.539. The van der Waals surface area contributed by atoms with Gasteiger partial charge in [0.2, 0.25) is 6.29 Å². The Balaban J connectivity index is 1.77. The number of methoxy groups -OCH3 is 1. The predicted octanol–water partition coefficient (Wildman–Crippen LogP) is 1.50. The fraction of sp³-hybridized carbons (Fsp3) is 0.688. The van der Waals surface area contributed by atoms with E-state index in [0.29, 0.717) is 18.6 Å². The second kappa shape index (κ2) is 6.81. The maximum absolute atomic E-state index is 11.9. The molecule has 3 rings (SSSR count). The third kappa shape index (κ3) is 2.91. The van der Waals surface area contributed by atoms with E-state index in [0.717, 1.165) is 24.8 Å². The zero-order valence-corrected chi connectivity index (χ0v) is 12.7. The Morgan fingerprint density at radius 3 is 3.00 bits per heavy atom. The van der Waals surface area contributed by atoms with Gasteiger partial charge in [0, 0.05) is 12.5 Å². The highest BCUT2D eigenvalue weighted by Gasteiger charge is 2.45. The summed E-state index contributed by atoms with van der Waals surface area (Å²) < 4.78 is 22.0. The molecule has 1 fully saturated rings. The molecule has 22 heavy (non-hydrogen) atoms. The second-order valence-electron chi connectivity index (χ2n) is 5.81. The fourth-order valence-electron chi connectivity index (χ4n) is 3.39. The van der Waals surface area contributed by atoms with Gasteiger partial charge in [-0.15, -0.1) is 0 Å². The van der Waals surface area contributed by atoms with Gasteiger partial charge in [-0.2, -0.15) is 0 Å². The second-order valence-corrected chi connectivity index (χ2v) is 5.81. The van der Waals surface area contributed by atoms with Crippen molar-refractivity contribution in [2.75, 3.05) is 20.3 Å². The number of hydrogen-bond acceptors (Lipinski definition) is 6. The summed E-state index contributed by atoms with van der Waals surface area (Å²) in [5.41, 5.74) is 1.34. The summed E-state index contributed by atoms with van der Waals surface area (Å²) >= 11 is 0. The van der Waals surface area contributed by atoms with Gasteiger partial charge in [-0.3, -0.25) is 0 Å². The lowest BCUT2D eigenvalue weighted by Crippen LogP contribution is -2.40. The molecular formula is C16H22O6. The molecule has 122 valence electrons.